The number of unbranched alkanes of at least 4 members (excludes halogenated alkanes) is 2. The van der Waals surface area contributed by atoms with Crippen LogP contribution in [-0.4, -0.2) is 103 Å². The number of amides is 4. The van der Waals surface area contributed by atoms with E-state index in [1.807, 2.05) is 100 Å². The van der Waals surface area contributed by atoms with Gasteiger partial charge in [0.25, 0.3) is 5.91 Å². The Kier molecular flexibility index (Phi) is 17.7. The van der Waals surface area contributed by atoms with Crippen LogP contribution in [0.25, 0.3) is 10.4 Å². The van der Waals surface area contributed by atoms with E-state index in [-0.39, 0.29) is 30.2 Å². The minimum Gasteiger partial charge on any atom is -0.495 e. The van der Waals surface area contributed by atoms with Crippen molar-refractivity contribution in [3.05, 3.63) is 89.1 Å². The highest BCUT2D eigenvalue weighted by atomic mass is 32.1. The average Bonchev–Trinajstić information content (AvgIpc) is 4.03. The van der Waals surface area contributed by atoms with E-state index in [9.17, 15) is 24.4 Å². The summed E-state index contributed by atoms with van der Waals surface area (Å²) in [7, 11) is 1.48. The molecule has 0 spiro atoms. The van der Waals surface area contributed by atoms with Gasteiger partial charge >= 0.3 is 0 Å². The number of aromatic nitrogens is 1. The highest BCUT2D eigenvalue weighted by Gasteiger charge is 2.50. The number of thiocarbonyl (C=S) groups is 1. The SMILES string of the molecule is COc1cc(N2C(=O)C(C)(C)N(c3ccc(OCCCCCOCCCOCC(=O)NC(C(=O)N4CCC[C@H]4C(=O)NCc4ccc(-c5scnc5C)cc4)C(C)(C)C)cc3)C2=S)ccc1C#N. The van der Waals surface area contributed by atoms with Gasteiger partial charge in [-0.25, -0.2) is 4.98 Å². The zero-order valence-electron chi connectivity index (χ0n) is 40.1. The van der Waals surface area contributed by atoms with Crippen molar-refractivity contribution in [2.75, 3.05) is 56.5 Å². The second kappa shape index (κ2) is 23.4. The van der Waals surface area contributed by atoms with Crippen molar-refractivity contribution < 1.29 is 38.1 Å². The molecule has 2 aliphatic heterocycles. The number of hydrogen-bond acceptors (Lipinski definition) is 12. The maximum atomic E-state index is 13.9. The number of aryl methyl sites for hydroxylation is 1. The van der Waals surface area contributed by atoms with Crippen LogP contribution in [0, 0.1) is 23.7 Å². The number of benzene rings is 3. The molecule has 2 aliphatic rings. The largest absolute Gasteiger partial charge is 0.495 e. The Hall–Kier alpha value is -5.93. The summed E-state index contributed by atoms with van der Waals surface area (Å²) in [5, 5.41) is 15.6. The molecule has 2 N–H and O–H groups in total. The summed E-state index contributed by atoms with van der Waals surface area (Å²) in [5.74, 6) is 0.0142. The molecule has 3 heterocycles. The lowest BCUT2D eigenvalue weighted by Crippen LogP contribution is -2.58. The monoisotopic (exact) mass is 965 g/mol. The van der Waals surface area contributed by atoms with Gasteiger partial charge in [-0.15, -0.1) is 11.3 Å². The lowest BCUT2D eigenvalue weighted by atomic mass is 9.85. The van der Waals surface area contributed by atoms with Crippen molar-refractivity contribution in [2.45, 2.75) is 104 Å². The number of methoxy groups -OCH3 is 1. The van der Waals surface area contributed by atoms with E-state index in [0.29, 0.717) is 86.6 Å². The van der Waals surface area contributed by atoms with Gasteiger partial charge in [-0.05, 0) is 124 Å². The lowest BCUT2D eigenvalue weighted by molar-refractivity contribution is -0.144. The van der Waals surface area contributed by atoms with Gasteiger partial charge in [0.15, 0.2) is 5.11 Å². The lowest BCUT2D eigenvalue weighted by Gasteiger charge is -2.35. The molecule has 68 heavy (non-hydrogen) atoms. The molecule has 0 saturated carbocycles. The van der Waals surface area contributed by atoms with Gasteiger partial charge in [-0.2, -0.15) is 5.26 Å². The minimum atomic E-state index is -0.953. The highest BCUT2D eigenvalue weighted by Crippen LogP contribution is 2.38. The predicted octanol–water partition coefficient (Wildman–Crippen LogP) is 7.73. The Morgan fingerprint density at radius 3 is 2.32 bits per heavy atom. The van der Waals surface area contributed by atoms with E-state index < -0.39 is 23.0 Å². The van der Waals surface area contributed by atoms with Gasteiger partial charge in [0.05, 0.1) is 41.0 Å². The Balaban J connectivity index is 0.834. The standard InChI is InChI=1S/C51H63N7O8S2/c1-34-44(68-33-54-34)36-16-14-35(15-17-36)31-53-46(60)41-13-11-24-56(41)47(61)45(50(2,3)4)55-43(59)32-65-27-12-26-64-25-9-8-10-28-66-40-22-20-38(21-23-40)58-49(67)57(48(62)51(58,5)6)39-19-18-37(30-52)42(29-39)63-7/h14-23,29,33,41,45H,8-13,24-28,31-32H2,1-7H3,(H,53,60)(H,55,59)/t41-,45?/m0/s1. The highest BCUT2D eigenvalue weighted by molar-refractivity contribution is 7.81. The topological polar surface area (TPSA) is 176 Å². The number of carbonyl (C=O) groups excluding carboxylic acids is 4. The van der Waals surface area contributed by atoms with E-state index in [4.69, 9.17) is 31.2 Å². The van der Waals surface area contributed by atoms with Crippen molar-refractivity contribution in [1.82, 2.24) is 20.5 Å². The summed E-state index contributed by atoms with van der Waals surface area (Å²) in [5.41, 5.74) is 4.96. The zero-order valence-corrected chi connectivity index (χ0v) is 41.7. The van der Waals surface area contributed by atoms with Crippen LogP contribution in [-0.2, 0) is 35.2 Å². The molecule has 15 nitrogen and oxygen atoms in total. The smallest absolute Gasteiger partial charge is 0.259 e. The van der Waals surface area contributed by atoms with Crippen molar-refractivity contribution in [3.63, 3.8) is 0 Å². The predicted molar refractivity (Wildman–Crippen MR) is 267 cm³/mol. The van der Waals surface area contributed by atoms with Gasteiger partial charge in [0.2, 0.25) is 17.7 Å². The summed E-state index contributed by atoms with van der Waals surface area (Å²) in [6.45, 7) is 13.9. The molecule has 17 heteroatoms. The number of carbonyl (C=O) groups is 4. The van der Waals surface area contributed by atoms with Gasteiger partial charge in [0, 0.05) is 44.7 Å². The number of hydrogen-bond donors (Lipinski definition) is 2. The maximum absolute atomic E-state index is 13.9. The van der Waals surface area contributed by atoms with E-state index in [2.05, 4.69) is 21.7 Å². The fourth-order valence-corrected chi connectivity index (χ4v) is 9.58. The van der Waals surface area contributed by atoms with Crippen LogP contribution in [0.1, 0.15) is 90.0 Å². The summed E-state index contributed by atoms with van der Waals surface area (Å²) in [4.78, 5) is 64.2. The van der Waals surface area contributed by atoms with Crippen LogP contribution in [0.4, 0.5) is 11.4 Å². The first-order valence-electron chi connectivity index (χ1n) is 23.1. The molecule has 2 saturated heterocycles. The van der Waals surface area contributed by atoms with Crippen LogP contribution >= 0.6 is 23.6 Å². The normalized spacial score (nSPS) is 16.1. The third kappa shape index (κ3) is 12.6. The average molecular weight is 966 g/mol. The molecule has 1 aromatic heterocycles. The number of rotatable bonds is 22. The fraction of sp³-hybridized carbons (Fsp3) is 0.471. The molecule has 1 unspecified atom stereocenters. The summed E-state index contributed by atoms with van der Waals surface area (Å²) < 4.78 is 22.8. The summed E-state index contributed by atoms with van der Waals surface area (Å²) in [6, 6.07) is 21.1. The van der Waals surface area contributed by atoms with Gasteiger partial charge in [0.1, 0.15) is 41.8 Å². The van der Waals surface area contributed by atoms with E-state index >= 15 is 0 Å². The Labute approximate surface area is 409 Å². The number of nitriles is 1. The van der Waals surface area contributed by atoms with Crippen LogP contribution in [0.2, 0.25) is 0 Å². The second-order valence-corrected chi connectivity index (χ2v) is 19.7. The Morgan fingerprint density at radius 2 is 1.65 bits per heavy atom. The third-order valence-corrected chi connectivity index (χ3v) is 13.4. The van der Waals surface area contributed by atoms with Gasteiger partial charge < -0.3 is 39.4 Å². The molecule has 4 amide bonds. The molecular formula is C51H63N7O8S2. The van der Waals surface area contributed by atoms with E-state index in [0.717, 1.165) is 46.6 Å². The molecule has 0 radical (unpaired) electrons. The Morgan fingerprint density at radius 1 is 0.956 bits per heavy atom. The number of likely N-dealkylation sites (tertiary alicyclic amines) is 1. The van der Waals surface area contributed by atoms with Crippen LogP contribution in [0.15, 0.2) is 72.2 Å². The fourth-order valence-electron chi connectivity index (χ4n) is 8.24. The van der Waals surface area contributed by atoms with Crippen molar-refractivity contribution in [3.8, 4) is 28.0 Å². The summed E-state index contributed by atoms with van der Waals surface area (Å²) >= 11 is 7.40. The minimum absolute atomic E-state index is 0.189. The quantitative estimate of drug-likeness (QED) is 0.0581. The molecular weight excluding hydrogens is 903 g/mol. The molecule has 6 rings (SSSR count). The zero-order chi connectivity index (χ0) is 49.0. The molecule has 0 aliphatic carbocycles. The molecule has 0 bridgehead atoms. The first-order valence-corrected chi connectivity index (χ1v) is 24.4. The molecule has 4 aromatic rings. The van der Waals surface area contributed by atoms with Gasteiger partial charge in [-0.3, -0.25) is 24.1 Å². The number of nitrogens with one attached hydrogen (secondary N) is 2. The van der Waals surface area contributed by atoms with Gasteiger partial charge in [-0.1, -0.05) is 45.0 Å². The van der Waals surface area contributed by atoms with Crippen LogP contribution in [0.3, 0.4) is 0 Å². The second-order valence-electron chi connectivity index (χ2n) is 18.5. The van der Waals surface area contributed by atoms with Crippen LogP contribution < -0.4 is 29.9 Å². The number of anilines is 2. The van der Waals surface area contributed by atoms with Crippen molar-refractivity contribution in [2.24, 2.45) is 5.41 Å². The first-order chi connectivity index (χ1) is 32.5. The molecule has 2 atom stereocenters. The first kappa shape index (κ1) is 51.5. The summed E-state index contributed by atoms with van der Waals surface area (Å²) in [6.07, 6.45) is 4.51. The number of ether oxygens (including phenoxy) is 4. The number of nitrogens with zero attached hydrogens (tertiary/aromatic N) is 5. The third-order valence-electron chi connectivity index (χ3n) is 12.0. The van der Waals surface area contributed by atoms with Crippen molar-refractivity contribution in [1.29, 1.82) is 5.26 Å². The van der Waals surface area contributed by atoms with E-state index in [1.54, 1.807) is 34.4 Å². The van der Waals surface area contributed by atoms with Crippen molar-refractivity contribution >= 4 is 63.7 Å². The molecule has 362 valence electrons. The molecule has 3 aromatic carbocycles. The maximum Gasteiger partial charge on any atom is 0.259 e. The molecule has 2 fully saturated rings. The Bertz CT molecular complexity index is 2450. The van der Waals surface area contributed by atoms with Crippen LogP contribution in [0.5, 0.6) is 11.5 Å². The van der Waals surface area contributed by atoms with E-state index in [1.165, 1.54) is 12.0 Å². The number of thiazole rings is 1.